The molecule has 0 aliphatic carbocycles. The van der Waals surface area contributed by atoms with Gasteiger partial charge in [-0.15, -0.1) is 0 Å². The van der Waals surface area contributed by atoms with Crippen molar-refractivity contribution in [2.75, 3.05) is 5.32 Å². The first-order valence-electron chi connectivity index (χ1n) is 5.59. The van der Waals surface area contributed by atoms with E-state index in [-0.39, 0.29) is 11.7 Å². The third kappa shape index (κ3) is 2.67. The Morgan fingerprint density at radius 2 is 1.94 bits per heavy atom. The number of phenolic OH excluding ortho intramolecular Hbond substituents is 1. The van der Waals surface area contributed by atoms with Gasteiger partial charge in [0.25, 0.3) is 5.91 Å². The Kier molecular flexibility index (Phi) is 3.60. The second-order valence-corrected chi connectivity index (χ2v) is 3.87. The minimum absolute atomic E-state index is 0.0646. The number of anilines is 1. The van der Waals surface area contributed by atoms with Gasteiger partial charge in [0, 0.05) is 17.8 Å². The number of phenols is 1. The molecule has 0 aliphatic heterocycles. The number of nitrogens with two attached hydrogens (primary N) is 1. The molecule has 4 N–H and O–H groups in total. The van der Waals surface area contributed by atoms with Gasteiger partial charge in [0.05, 0.1) is 0 Å². The van der Waals surface area contributed by atoms with Gasteiger partial charge in [-0.2, -0.15) is 0 Å². The molecule has 4 nitrogen and oxygen atoms in total. The predicted molar refractivity (Wildman–Crippen MR) is 70.4 cm³/mol. The van der Waals surface area contributed by atoms with Crippen LogP contribution in [0.4, 0.5) is 5.69 Å². The summed E-state index contributed by atoms with van der Waals surface area (Å²) < 4.78 is 0. The zero-order valence-electron chi connectivity index (χ0n) is 9.76. The van der Waals surface area contributed by atoms with Crippen LogP contribution in [0.25, 0.3) is 0 Å². The van der Waals surface area contributed by atoms with Crippen LogP contribution in [0.5, 0.6) is 5.75 Å². The number of aromatic hydroxyl groups is 1. The molecule has 1 amide bonds. The van der Waals surface area contributed by atoms with Gasteiger partial charge < -0.3 is 16.2 Å². The number of para-hydroxylation sites is 1. The van der Waals surface area contributed by atoms with Crippen molar-refractivity contribution < 1.29 is 9.90 Å². The normalized spacial score (nSPS) is 10.1. The van der Waals surface area contributed by atoms with Crippen molar-refractivity contribution in [3.05, 3.63) is 59.7 Å². The first kappa shape index (κ1) is 12.1. The van der Waals surface area contributed by atoms with Crippen molar-refractivity contribution >= 4 is 11.6 Å². The van der Waals surface area contributed by atoms with Crippen LogP contribution in [0.3, 0.4) is 0 Å². The van der Waals surface area contributed by atoms with Gasteiger partial charge in [0.15, 0.2) is 0 Å². The van der Waals surface area contributed by atoms with Crippen LogP contribution in [0, 0.1) is 0 Å². The maximum absolute atomic E-state index is 12.0. The standard InChI is InChI=1S/C14H14N2O2/c15-9-11-4-1-2-7-13(11)16-14(18)10-5-3-6-12(17)8-10/h1-8,17H,9,15H2,(H,16,18). The molecule has 0 unspecified atom stereocenters. The summed E-state index contributed by atoms with van der Waals surface area (Å²) >= 11 is 0. The molecule has 0 fully saturated rings. The minimum atomic E-state index is -0.271. The number of nitrogens with one attached hydrogen (secondary N) is 1. The third-order valence-corrected chi connectivity index (χ3v) is 2.59. The molecular formula is C14H14N2O2. The summed E-state index contributed by atoms with van der Waals surface area (Å²) in [6.07, 6.45) is 0. The highest BCUT2D eigenvalue weighted by Gasteiger charge is 2.08. The molecule has 4 heteroatoms. The van der Waals surface area contributed by atoms with Crippen LogP contribution in [0.15, 0.2) is 48.5 Å². The Hall–Kier alpha value is -2.33. The molecule has 0 heterocycles. The summed E-state index contributed by atoms with van der Waals surface area (Å²) in [7, 11) is 0. The highest BCUT2D eigenvalue weighted by molar-refractivity contribution is 6.04. The van der Waals surface area contributed by atoms with Gasteiger partial charge in [-0.05, 0) is 29.8 Å². The van der Waals surface area contributed by atoms with Crippen molar-refractivity contribution in [2.24, 2.45) is 5.73 Å². The number of carbonyl (C=O) groups is 1. The average molecular weight is 242 g/mol. The lowest BCUT2D eigenvalue weighted by Crippen LogP contribution is -2.14. The van der Waals surface area contributed by atoms with E-state index in [2.05, 4.69) is 5.32 Å². The Morgan fingerprint density at radius 1 is 1.17 bits per heavy atom. The topological polar surface area (TPSA) is 75.3 Å². The second-order valence-electron chi connectivity index (χ2n) is 3.87. The number of rotatable bonds is 3. The highest BCUT2D eigenvalue weighted by atomic mass is 16.3. The van der Waals surface area contributed by atoms with Crippen LogP contribution in [-0.4, -0.2) is 11.0 Å². The van der Waals surface area contributed by atoms with Crippen molar-refractivity contribution in [1.29, 1.82) is 0 Å². The number of amides is 1. The van der Waals surface area contributed by atoms with E-state index in [1.807, 2.05) is 18.2 Å². The maximum Gasteiger partial charge on any atom is 0.255 e. The van der Waals surface area contributed by atoms with Crippen molar-refractivity contribution in [3.8, 4) is 5.75 Å². The molecule has 0 aromatic heterocycles. The number of benzene rings is 2. The quantitative estimate of drug-likeness (QED) is 0.771. The van der Waals surface area contributed by atoms with Crippen LogP contribution in [0.2, 0.25) is 0 Å². The second kappa shape index (κ2) is 5.33. The lowest BCUT2D eigenvalue weighted by molar-refractivity contribution is 0.102. The van der Waals surface area contributed by atoms with Crippen LogP contribution in [0.1, 0.15) is 15.9 Å². The van der Waals surface area contributed by atoms with Crippen LogP contribution >= 0.6 is 0 Å². The van der Waals surface area contributed by atoms with E-state index >= 15 is 0 Å². The van der Waals surface area contributed by atoms with Gasteiger partial charge >= 0.3 is 0 Å². The molecule has 0 aliphatic rings. The van der Waals surface area contributed by atoms with Crippen LogP contribution in [-0.2, 0) is 6.54 Å². The molecule has 92 valence electrons. The van der Waals surface area contributed by atoms with Gasteiger partial charge in [-0.1, -0.05) is 24.3 Å². The Bertz CT molecular complexity index is 567. The van der Waals surface area contributed by atoms with E-state index in [0.717, 1.165) is 5.56 Å². The fourth-order valence-electron chi connectivity index (χ4n) is 1.66. The molecule has 0 atom stereocenters. The molecule has 0 saturated heterocycles. The summed E-state index contributed by atoms with van der Waals surface area (Å²) in [5.74, 6) is -0.207. The smallest absolute Gasteiger partial charge is 0.255 e. The first-order chi connectivity index (χ1) is 8.70. The molecule has 2 aromatic rings. The fraction of sp³-hybridized carbons (Fsp3) is 0.0714. The number of carbonyl (C=O) groups excluding carboxylic acids is 1. The molecule has 0 spiro atoms. The molecule has 18 heavy (non-hydrogen) atoms. The Morgan fingerprint density at radius 3 is 2.67 bits per heavy atom. The summed E-state index contributed by atoms with van der Waals surface area (Å²) in [6, 6.07) is 13.6. The molecule has 2 aromatic carbocycles. The molecule has 0 saturated carbocycles. The predicted octanol–water partition coefficient (Wildman–Crippen LogP) is 2.10. The maximum atomic E-state index is 12.0. The monoisotopic (exact) mass is 242 g/mol. The largest absolute Gasteiger partial charge is 0.508 e. The van der Waals surface area contributed by atoms with Gasteiger partial charge in [-0.3, -0.25) is 4.79 Å². The van der Waals surface area contributed by atoms with Gasteiger partial charge in [-0.25, -0.2) is 0 Å². The Balaban J connectivity index is 2.21. The zero-order valence-corrected chi connectivity index (χ0v) is 9.76. The molecule has 0 radical (unpaired) electrons. The van der Waals surface area contributed by atoms with Crippen LogP contribution < -0.4 is 11.1 Å². The minimum Gasteiger partial charge on any atom is -0.508 e. The number of hydrogen-bond acceptors (Lipinski definition) is 3. The van der Waals surface area contributed by atoms with Crippen molar-refractivity contribution in [1.82, 2.24) is 0 Å². The molecule has 0 bridgehead atoms. The summed E-state index contributed by atoms with van der Waals surface area (Å²) in [4.78, 5) is 12.0. The zero-order chi connectivity index (χ0) is 13.0. The van der Waals surface area contributed by atoms with E-state index in [1.54, 1.807) is 18.2 Å². The first-order valence-corrected chi connectivity index (χ1v) is 5.59. The van der Waals surface area contributed by atoms with Crippen molar-refractivity contribution in [3.63, 3.8) is 0 Å². The van der Waals surface area contributed by atoms with E-state index in [0.29, 0.717) is 17.8 Å². The van der Waals surface area contributed by atoms with Gasteiger partial charge in [0.1, 0.15) is 5.75 Å². The molecular weight excluding hydrogens is 228 g/mol. The Labute approximate surface area is 105 Å². The molecule has 2 rings (SSSR count). The van der Waals surface area contributed by atoms with E-state index in [1.165, 1.54) is 12.1 Å². The lowest BCUT2D eigenvalue weighted by Gasteiger charge is -2.09. The van der Waals surface area contributed by atoms with E-state index < -0.39 is 0 Å². The SMILES string of the molecule is NCc1ccccc1NC(=O)c1cccc(O)c1. The van der Waals surface area contributed by atoms with Gasteiger partial charge in [0.2, 0.25) is 0 Å². The number of hydrogen-bond donors (Lipinski definition) is 3. The summed E-state index contributed by atoms with van der Waals surface area (Å²) in [5.41, 5.74) is 7.56. The van der Waals surface area contributed by atoms with E-state index in [9.17, 15) is 9.90 Å². The summed E-state index contributed by atoms with van der Waals surface area (Å²) in [6.45, 7) is 0.358. The van der Waals surface area contributed by atoms with E-state index in [4.69, 9.17) is 5.73 Å². The lowest BCUT2D eigenvalue weighted by atomic mass is 10.1. The van der Waals surface area contributed by atoms with Crippen molar-refractivity contribution in [2.45, 2.75) is 6.54 Å². The summed E-state index contributed by atoms with van der Waals surface area (Å²) in [5, 5.41) is 12.1. The average Bonchev–Trinajstić information content (AvgIpc) is 2.39. The highest BCUT2D eigenvalue weighted by Crippen LogP contribution is 2.17. The fourth-order valence-corrected chi connectivity index (χ4v) is 1.66. The third-order valence-electron chi connectivity index (χ3n) is 2.59.